The van der Waals surface area contributed by atoms with Gasteiger partial charge in [0, 0.05) is 18.6 Å². The molecule has 1 rings (SSSR count). The molecule has 1 unspecified atom stereocenters. The lowest BCUT2D eigenvalue weighted by atomic mass is 10.0. The van der Waals surface area contributed by atoms with Crippen molar-refractivity contribution in [3.63, 3.8) is 0 Å². The second-order valence-corrected chi connectivity index (χ2v) is 5.05. The van der Waals surface area contributed by atoms with Crippen molar-refractivity contribution in [2.75, 3.05) is 13.1 Å². The zero-order valence-electron chi connectivity index (χ0n) is 11.6. The molecule has 17 heavy (non-hydrogen) atoms. The summed E-state index contributed by atoms with van der Waals surface area (Å²) in [4.78, 5) is 2.46. The molecule has 0 spiro atoms. The second kappa shape index (κ2) is 6.77. The van der Waals surface area contributed by atoms with Crippen LogP contribution in [0.4, 0.5) is 0 Å². The number of nitrogens with zero attached hydrogens (tertiary/aromatic N) is 1. The van der Waals surface area contributed by atoms with Crippen LogP contribution in [0, 0.1) is 6.92 Å². The summed E-state index contributed by atoms with van der Waals surface area (Å²) >= 11 is 0. The second-order valence-electron chi connectivity index (χ2n) is 5.05. The van der Waals surface area contributed by atoms with Gasteiger partial charge < -0.3 is 5.73 Å². The van der Waals surface area contributed by atoms with Crippen LogP contribution in [0.5, 0.6) is 0 Å². The SMILES string of the molecule is CCCN(CC(N)c1ccccc1C)C(C)C. The maximum Gasteiger partial charge on any atom is 0.0427 e. The molecule has 96 valence electrons. The Kier molecular flexibility index (Phi) is 5.66. The van der Waals surface area contributed by atoms with Crippen molar-refractivity contribution >= 4 is 0 Å². The topological polar surface area (TPSA) is 29.3 Å². The molecule has 0 amide bonds. The van der Waals surface area contributed by atoms with E-state index < -0.39 is 0 Å². The maximum absolute atomic E-state index is 6.32. The van der Waals surface area contributed by atoms with Crippen LogP contribution in [0.1, 0.15) is 44.4 Å². The van der Waals surface area contributed by atoms with E-state index in [1.165, 1.54) is 17.5 Å². The number of aryl methyl sites for hydroxylation is 1. The molecule has 2 nitrogen and oxygen atoms in total. The highest BCUT2D eigenvalue weighted by atomic mass is 15.2. The molecule has 2 N–H and O–H groups in total. The van der Waals surface area contributed by atoms with Gasteiger partial charge >= 0.3 is 0 Å². The van der Waals surface area contributed by atoms with E-state index in [1.807, 2.05) is 0 Å². The van der Waals surface area contributed by atoms with Crippen LogP contribution in [0.25, 0.3) is 0 Å². The summed E-state index contributed by atoms with van der Waals surface area (Å²) < 4.78 is 0. The Labute approximate surface area is 106 Å². The fourth-order valence-corrected chi connectivity index (χ4v) is 2.20. The van der Waals surface area contributed by atoms with E-state index in [4.69, 9.17) is 5.73 Å². The van der Waals surface area contributed by atoms with Crippen molar-refractivity contribution in [1.82, 2.24) is 4.90 Å². The predicted molar refractivity (Wildman–Crippen MR) is 75.1 cm³/mol. The molecule has 1 aromatic carbocycles. The molecule has 0 radical (unpaired) electrons. The molecule has 0 saturated heterocycles. The van der Waals surface area contributed by atoms with Crippen molar-refractivity contribution in [2.24, 2.45) is 5.73 Å². The van der Waals surface area contributed by atoms with Crippen molar-refractivity contribution in [3.8, 4) is 0 Å². The van der Waals surface area contributed by atoms with Gasteiger partial charge in [0.2, 0.25) is 0 Å². The van der Waals surface area contributed by atoms with Gasteiger partial charge in [0.05, 0.1) is 0 Å². The number of hydrogen-bond acceptors (Lipinski definition) is 2. The summed E-state index contributed by atoms with van der Waals surface area (Å²) in [5, 5.41) is 0. The third kappa shape index (κ3) is 4.14. The summed E-state index contributed by atoms with van der Waals surface area (Å²) in [6.45, 7) is 10.9. The maximum atomic E-state index is 6.32. The van der Waals surface area contributed by atoms with Crippen molar-refractivity contribution in [3.05, 3.63) is 35.4 Å². The molecule has 0 aliphatic rings. The molecular weight excluding hydrogens is 208 g/mol. The monoisotopic (exact) mass is 234 g/mol. The average molecular weight is 234 g/mol. The van der Waals surface area contributed by atoms with Crippen LogP contribution in [0.3, 0.4) is 0 Å². The Bertz CT molecular complexity index is 333. The van der Waals surface area contributed by atoms with E-state index in [0.29, 0.717) is 6.04 Å². The fourth-order valence-electron chi connectivity index (χ4n) is 2.20. The Morgan fingerprint density at radius 2 is 1.88 bits per heavy atom. The zero-order valence-corrected chi connectivity index (χ0v) is 11.6. The quantitative estimate of drug-likeness (QED) is 0.819. The van der Waals surface area contributed by atoms with Crippen LogP contribution < -0.4 is 5.73 Å². The standard InChI is InChI=1S/C15H26N2/c1-5-10-17(12(2)3)11-15(16)14-9-7-6-8-13(14)4/h6-9,12,15H,5,10-11,16H2,1-4H3. The zero-order chi connectivity index (χ0) is 12.8. The van der Waals surface area contributed by atoms with Crippen molar-refractivity contribution in [1.29, 1.82) is 0 Å². The highest BCUT2D eigenvalue weighted by Crippen LogP contribution is 2.17. The molecule has 0 bridgehead atoms. The first-order valence-corrected chi connectivity index (χ1v) is 6.61. The minimum Gasteiger partial charge on any atom is -0.323 e. The molecule has 2 heteroatoms. The molecule has 0 aliphatic carbocycles. The van der Waals surface area contributed by atoms with Crippen LogP contribution in [-0.4, -0.2) is 24.0 Å². The van der Waals surface area contributed by atoms with Crippen LogP contribution >= 0.6 is 0 Å². The Morgan fingerprint density at radius 3 is 2.41 bits per heavy atom. The third-order valence-corrected chi connectivity index (χ3v) is 3.26. The Balaban J connectivity index is 2.70. The lowest BCUT2D eigenvalue weighted by Gasteiger charge is -2.29. The van der Waals surface area contributed by atoms with Gasteiger partial charge in [0.25, 0.3) is 0 Å². The van der Waals surface area contributed by atoms with Crippen molar-refractivity contribution in [2.45, 2.75) is 46.2 Å². The van der Waals surface area contributed by atoms with Gasteiger partial charge in [-0.05, 0) is 44.9 Å². The summed E-state index contributed by atoms with van der Waals surface area (Å²) in [6.07, 6.45) is 1.18. The van der Waals surface area contributed by atoms with Gasteiger partial charge in [-0.25, -0.2) is 0 Å². The minimum atomic E-state index is 0.116. The van der Waals surface area contributed by atoms with Gasteiger partial charge in [0.15, 0.2) is 0 Å². The van der Waals surface area contributed by atoms with Gasteiger partial charge in [-0.2, -0.15) is 0 Å². The fraction of sp³-hybridized carbons (Fsp3) is 0.600. The van der Waals surface area contributed by atoms with Crippen molar-refractivity contribution < 1.29 is 0 Å². The summed E-state index contributed by atoms with van der Waals surface area (Å²) in [5.74, 6) is 0. The number of nitrogens with two attached hydrogens (primary N) is 1. The number of benzene rings is 1. The molecule has 0 aliphatic heterocycles. The smallest absolute Gasteiger partial charge is 0.0427 e. The van der Waals surface area contributed by atoms with E-state index in [1.54, 1.807) is 0 Å². The van der Waals surface area contributed by atoms with E-state index in [-0.39, 0.29) is 6.04 Å². The van der Waals surface area contributed by atoms with Crippen LogP contribution in [0.15, 0.2) is 24.3 Å². The van der Waals surface area contributed by atoms with E-state index in [2.05, 4.69) is 56.9 Å². The normalized spacial score (nSPS) is 13.4. The number of rotatable bonds is 6. The predicted octanol–water partition coefficient (Wildman–Crippen LogP) is 3.12. The minimum absolute atomic E-state index is 0.116. The average Bonchev–Trinajstić information content (AvgIpc) is 2.28. The highest BCUT2D eigenvalue weighted by molar-refractivity contribution is 5.28. The molecule has 1 aromatic rings. The van der Waals surface area contributed by atoms with Gasteiger partial charge in [-0.15, -0.1) is 0 Å². The molecule has 0 saturated carbocycles. The Morgan fingerprint density at radius 1 is 1.24 bits per heavy atom. The molecule has 0 heterocycles. The molecule has 0 aromatic heterocycles. The molecular formula is C15H26N2. The highest BCUT2D eigenvalue weighted by Gasteiger charge is 2.15. The van der Waals surface area contributed by atoms with Gasteiger partial charge in [-0.3, -0.25) is 4.90 Å². The Hall–Kier alpha value is -0.860. The first-order chi connectivity index (χ1) is 8.06. The van der Waals surface area contributed by atoms with E-state index in [9.17, 15) is 0 Å². The van der Waals surface area contributed by atoms with Crippen LogP contribution in [0.2, 0.25) is 0 Å². The van der Waals surface area contributed by atoms with Crippen LogP contribution in [-0.2, 0) is 0 Å². The first kappa shape index (κ1) is 14.2. The molecule has 0 fully saturated rings. The summed E-state index contributed by atoms with van der Waals surface area (Å²) in [5.41, 5.74) is 8.89. The van der Waals surface area contributed by atoms with Gasteiger partial charge in [0.1, 0.15) is 0 Å². The number of hydrogen-bond donors (Lipinski definition) is 1. The molecule has 1 atom stereocenters. The van der Waals surface area contributed by atoms with E-state index >= 15 is 0 Å². The first-order valence-electron chi connectivity index (χ1n) is 6.61. The van der Waals surface area contributed by atoms with Gasteiger partial charge in [-0.1, -0.05) is 31.2 Å². The lowest BCUT2D eigenvalue weighted by Crippen LogP contribution is -2.37. The summed E-state index contributed by atoms with van der Waals surface area (Å²) in [7, 11) is 0. The summed E-state index contributed by atoms with van der Waals surface area (Å²) in [6, 6.07) is 9.09. The third-order valence-electron chi connectivity index (χ3n) is 3.26. The lowest BCUT2D eigenvalue weighted by molar-refractivity contribution is 0.209. The van der Waals surface area contributed by atoms with E-state index in [0.717, 1.165) is 13.1 Å². The largest absolute Gasteiger partial charge is 0.323 e.